The topological polar surface area (TPSA) is 183 Å². The molecule has 0 radical (unpaired) electrons. The van der Waals surface area contributed by atoms with Crippen LogP contribution in [-0.4, -0.2) is 72.8 Å². The van der Waals surface area contributed by atoms with E-state index in [1.54, 1.807) is 17.6 Å². The highest BCUT2D eigenvalue weighted by Crippen LogP contribution is 2.41. The summed E-state index contributed by atoms with van der Waals surface area (Å²) in [6, 6.07) is 0.675. The second kappa shape index (κ2) is 11.5. The largest absolute Gasteiger partial charge is 0.609 e. The SMILES string of the molecule is Nc1nc(C(=NOCF)C(=O)NC2C(=O)N3C(C(=O)O)=C(C=CSC4=Cc5ccoc5[S+]([O-])C4)CS[C@@H]23)cs1. The van der Waals surface area contributed by atoms with Gasteiger partial charge in [0.2, 0.25) is 0 Å². The Kier molecular flexibility index (Phi) is 8.03. The molecule has 0 saturated carbocycles. The zero-order chi connectivity index (χ0) is 27.7. The third-order valence-corrected chi connectivity index (χ3v) is 9.93. The number of nitrogen functional groups attached to an aromatic ring is 1. The van der Waals surface area contributed by atoms with Crippen LogP contribution in [0.3, 0.4) is 0 Å². The number of fused-ring (bicyclic) bond motifs is 2. The number of nitrogens with one attached hydrogen (secondary N) is 1. The average molecular weight is 612 g/mol. The number of nitrogens with zero attached hydrogens (tertiary/aromatic N) is 3. The number of rotatable bonds is 9. The van der Waals surface area contributed by atoms with Crippen LogP contribution in [0.15, 0.2) is 60.0 Å². The molecule has 0 bridgehead atoms. The molecule has 0 spiro atoms. The Labute approximate surface area is 235 Å². The van der Waals surface area contributed by atoms with E-state index in [0.717, 1.165) is 26.7 Å². The smallest absolute Gasteiger partial charge is 0.352 e. The van der Waals surface area contributed by atoms with Crippen molar-refractivity contribution < 1.29 is 37.7 Å². The van der Waals surface area contributed by atoms with Gasteiger partial charge in [-0.05, 0) is 29.2 Å². The molecule has 2 aromatic rings. The minimum Gasteiger partial charge on any atom is -0.609 e. The first kappa shape index (κ1) is 27.3. The van der Waals surface area contributed by atoms with Crippen LogP contribution >= 0.6 is 34.9 Å². The number of furan rings is 1. The van der Waals surface area contributed by atoms with Crippen LogP contribution < -0.4 is 11.1 Å². The molecule has 5 rings (SSSR count). The Bertz CT molecular complexity index is 1450. The van der Waals surface area contributed by atoms with Crippen molar-refractivity contribution in [1.82, 2.24) is 15.2 Å². The lowest BCUT2D eigenvalue weighted by Crippen LogP contribution is -2.71. The molecular formula is C22H18FN5O7S4. The van der Waals surface area contributed by atoms with Gasteiger partial charge in [0.05, 0.1) is 11.8 Å². The maximum absolute atomic E-state index is 13.0. The molecule has 5 heterocycles. The number of anilines is 1. The molecule has 2 amide bonds. The number of thiazole rings is 1. The van der Waals surface area contributed by atoms with Crippen molar-refractivity contribution in [1.29, 1.82) is 0 Å². The normalized spacial score (nSPS) is 22.8. The molecular weight excluding hydrogens is 594 g/mol. The molecule has 2 aromatic heterocycles. The maximum Gasteiger partial charge on any atom is 0.352 e. The van der Waals surface area contributed by atoms with Crippen LogP contribution in [0.2, 0.25) is 0 Å². The number of allylic oxidation sites excluding steroid dienone is 1. The molecule has 1 saturated heterocycles. The minimum absolute atomic E-state index is 0.0420. The highest BCUT2D eigenvalue weighted by atomic mass is 32.2. The number of carbonyl (C=O) groups is 3. The Morgan fingerprint density at radius 3 is 3.05 bits per heavy atom. The maximum atomic E-state index is 13.0. The van der Waals surface area contributed by atoms with E-state index in [-0.39, 0.29) is 33.7 Å². The fourth-order valence-electron chi connectivity index (χ4n) is 3.95. The summed E-state index contributed by atoms with van der Waals surface area (Å²) >= 11 is 2.30. The van der Waals surface area contributed by atoms with Gasteiger partial charge in [-0.3, -0.25) is 14.5 Å². The molecule has 0 aromatic carbocycles. The lowest BCUT2D eigenvalue weighted by molar-refractivity contribution is -0.150. The van der Waals surface area contributed by atoms with Crippen molar-refractivity contribution in [2.24, 2.45) is 5.16 Å². The van der Waals surface area contributed by atoms with E-state index in [0.29, 0.717) is 10.7 Å². The summed E-state index contributed by atoms with van der Waals surface area (Å²) in [4.78, 5) is 48.2. The fourth-order valence-corrected chi connectivity index (χ4v) is 8.04. The van der Waals surface area contributed by atoms with Crippen LogP contribution in [0, 0.1) is 0 Å². The number of thioether (sulfide) groups is 2. The number of amides is 2. The molecule has 3 atom stereocenters. The lowest BCUT2D eigenvalue weighted by Gasteiger charge is -2.49. The second-order valence-corrected chi connectivity index (χ2v) is 12.4. The number of alkyl halides is 1. The van der Waals surface area contributed by atoms with E-state index < -0.39 is 47.2 Å². The molecule has 3 aliphatic rings. The minimum atomic E-state index is -1.30. The van der Waals surface area contributed by atoms with E-state index in [4.69, 9.17) is 10.2 Å². The first-order valence-corrected chi connectivity index (χ1v) is 15.1. The molecule has 3 aliphatic heterocycles. The van der Waals surface area contributed by atoms with Gasteiger partial charge in [-0.1, -0.05) is 16.9 Å². The van der Waals surface area contributed by atoms with E-state index in [1.165, 1.54) is 35.2 Å². The van der Waals surface area contributed by atoms with Crippen molar-refractivity contribution in [2.45, 2.75) is 16.5 Å². The van der Waals surface area contributed by atoms with Gasteiger partial charge < -0.3 is 30.0 Å². The van der Waals surface area contributed by atoms with Crippen LogP contribution in [0.5, 0.6) is 0 Å². The Hall–Kier alpha value is -3.25. The van der Waals surface area contributed by atoms with Crippen LogP contribution in [-0.2, 0) is 30.4 Å². The number of halogens is 1. The molecule has 0 aliphatic carbocycles. The molecule has 12 nitrogen and oxygen atoms in total. The number of carbonyl (C=O) groups excluding carboxylic acids is 2. The van der Waals surface area contributed by atoms with E-state index >= 15 is 0 Å². The van der Waals surface area contributed by atoms with Crippen molar-refractivity contribution in [3.63, 3.8) is 0 Å². The van der Waals surface area contributed by atoms with E-state index in [1.807, 2.05) is 6.08 Å². The molecule has 2 unspecified atom stereocenters. The summed E-state index contributed by atoms with van der Waals surface area (Å²) in [5, 5.41) is 18.9. The number of nitrogens with two attached hydrogens (primary N) is 1. The van der Waals surface area contributed by atoms with Crippen molar-refractivity contribution in [3.05, 3.63) is 56.6 Å². The third-order valence-electron chi connectivity index (χ3n) is 5.61. The Balaban J connectivity index is 1.29. The Morgan fingerprint density at radius 1 is 1.51 bits per heavy atom. The average Bonchev–Trinajstić information content (AvgIpc) is 3.56. The predicted molar refractivity (Wildman–Crippen MR) is 144 cm³/mol. The fraction of sp³-hybridized carbons (Fsp3) is 0.227. The predicted octanol–water partition coefficient (Wildman–Crippen LogP) is 2.11. The molecule has 204 valence electrons. The lowest BCUT2D eigenvalue weighted by atomic mass is 10.0. The Morgan fingerprint density at radius 2 is 2.33 bits per heavy atom. The number of hydrogen-bond acceptors (Lipinski definition) is 12. The monoisotopic (exact) mass is 611 g/mol. The standard InChI is InChI=1S/C22H18FN5O7S4/c23-9-35-27-14(13-7-38-22(24)25-13)17(29)26-15-18(30)28-16(20(31)32)11(6-37-19(15)28)2-4-36-12-5-10-1-3-34-21(10)39(33)8-12/h1-5,7,15,19H,6,8-9H2,(H2,24,25)(H,26,29)(H,31,32)/t15?,19-,39?/m0/s1. The van der Waals surface area contributed by atoms with Gasteiger partial charge in [0.1, 0.15) is 28.6 Å². The number of β-lactam (4-membered cyclic amide) rings is 1. The van der Waals surface area contributed by atoms with Crippen LogP contribution in [0.4, 0.5) is 9.52 Å². The van der Waals surface area contributed by atoms with Gasteiger partial charge in [0.25, 0.3) is 18.7 Å². The van der Waals surface area contributed by atoms with Gasteiger partial charge in [0.15, 0.2) is 10.8 Å². The van der Waals surface area contributed by atoms with Crippen LogP contribution in [0.25, 0.3) is 6.08 Å². The summed E-state index contributed by atoms with van der Waals surface area (Å²) < 4.78 is 30.1. The van der Waals surface area contributed by atoms with Gasteiger partial charge in [-0.25, -0.2) is 14.2 Å². The number of carboxylic acids is 1. The third kappa shape index (κ3) is 5.44. The highest BCUT2D eigenvalue weighted by Gasteiger charge is 2.54. The van der Waals surface area contributed by atoms with Gasteiger partial charge >= 0.3 is 11.1 Å². The quantitative estimate of drug-likeness (QED) is 0.163. The van der Waals surface area contributed by atoms with E-state index in [2.05, 4.69) is 20.3 Å². The first-order chi connectivity index (χ1) is 18.8. The number of hydrogen-bond donors (Lipinski definition) is 3. The number of carboxylic acid groups (broad SMARTS) is 1. The molecule has 4 N–H and O–H groups in total. The number of oxime groups is 1. The highest BCUT2D eigenvalue weighted by molar-refractivity contribution is 8.07. The molecule has 17 heteroatoms. The second-order valence-electron chi connectivity index (χ2n) is 7.97. The van der Waals surface area contributed by atoms with Gasteiger partial charge in [0, 0.05) is 27.2 Å². The van der Waals surface area contributed by atoms with Gasteiger partial charge in [-0.15, -0.1) is 23.1 Å². The van der Waals surface area contributed by atoms with Crippen molar-refractivity contribution >= 4 is 80.7 Å². The summed E-state index contributed by atoms with van der Waals surface area (Å²) in [5.41, 5.74) is 6.23. The van der Waals surface area contributed by atoms with Crippen LogP contribution in [0.1, 0.15) is 11.3 Å². The molecule has 1 fully saturated rings. The summed E-state index contributed by atoms with van der Waals surface area (Å²) in [7, 11) is 0. The van der Waals surface area contributed by atoms with Gasteiger partial charge in [-0.2, -0.15) is 0 Å². The van der Waals surface area contributed by atoms with E-state index in [9.17, 15) is 28.4 Å². The zero-order valence-electron chi connectivity index (χ0n) is 19.6. The summed E-state index contributed by atoms with van der Waals surface area (Å²) in [6.45, 7) is -1.29. The number of aliphatic carboxylic acids is 1. The zero-order valence-corrected chi connectivity index (χ0v) is 22.8. The summed E-state index contributed by atoms with van der Waals surface area (Å²) in [6.07, 6.45) is 4.94. The first-order valence-electron chi connectivity index (χ1n) is 11.0. The van der Waals surface area contributed by atoms with Crippen molar-refractivity contribution in [3.8, 4) is 0 Å². The summed E-state index contributed by atoms with van der Waals surface area (Å²) in [5.74, 6) is -2.24. The number of aromatic nitrogens is 1. The molecule has 39 heavy (non-hydrogen) atoms. The van der Waals surface area contributed by atoms with Crippen molar-refractivity contribution in [2.75, 3.05) is 24.1 Å².